The Morgan fingerprint density at radius 3 is 1.87 bits per heavy atom. The van der Waals surface area contributed by atoms with Crippen LogP contribution in [0.15, 0.2) is 48.5 Å². The first-order chi connectivity index (χ1) is 21.0. The summed E-state index contributed by atoms with van der Waals surface area (Å²) in [7, 11) is 0.861. The molecule has 0 radical (unpaired) electrons. The average molecular weight is 673 g/mol. The van der Waals surface area contributed by atoms with Crippen molar-refractivity contribution in [1.82, 2.24) is 10.6 Å². The largest absolute Gasteiger partial charge is 0.458 e. The number of carbonyl (C=O) groups is 4. The highest BCUT2D eigenvalue weighted by Crippen LogP contribution is 2.51. The van der Waals surface area contributed by atoms with Gasteiger partial charge < -0.3 is 20.1 Å². The predicted molar refractivity (Wildman–Crippen MR) is 189 cm³/mol. The van der Waals surface area contributed by atoms with E-state index in [1.165, 1.54) is 0 Å². The Morgan fingerprint density at radius 2 is 1.39 bits per heavy atom. The van der Waals surface area contributed by atoms with Crippen molar-refractivity contribution in [3.63, 3.8) is 0 Å². The summed E-state index contributed by atoms with van der Waals surface area (Å²) in [4.78, 5) is 53.7. The summed E-state index contributed by atoms with van der Waals surface area (Å²) >= 11 is 4.61. The Balaban J connectivity index is 2.82. The Hall–Kier alpha value is -2.98. The molecule has 46 heavy (non-hydrogen) atoms. The molecule has 0 spiro atoms. The van der Waals surface area contributed by atoms with Crippen LogP contribution in [0.25, 0.3) is 0 Å². The molecule has 3 unspecified atom stereocenters. The van der Waals surface area contributed by atoms with Gasteiger partial charge in [-0.25, -0.2) is 9.59 Å². The van der Waals surface area contributed by atoms with Gasteiger partial charge in [0.05, 0.1) is 0 Å². The number of esters is 2. The van der Waals surface area contributed by atoms with Crippen LogP contribution in [0.1, 0.15) is 120 Å². The van der Waals surface area contributed by atoms with Crippen molar-refractivity contribution in [2.75, 3.05) is 0 Å². The van der Waals surface area contributed by atoms with Crippen molar-refractivity contribution in [3.8, 4) is 0 Å². The van der Waals surface area contributed by atoms with E-state index in [1.807, 2.05) is 47.6 Å². The molecule has 0 heterocycles. The third-order valence-electron chi connectivity index (χ3n) is 6.92. The van der Waals surface area contributed by atoms with Crippen molar-refractivity contribution in [1.29, 1.82) is 0 Å². The number of hydrogen-bond donors (Lipinski definition) is 3. The first kappa shape index (κ1) is 39.2. The fourth-order valence-corrected chi connectivity index (χ4v) is 6.77. The summed E-state index contributed by atoms with van der Waals surface area (Å²) in [5, 5.41) is 5.90. The van der Waals surface area contributed by atoms with Crippen LogP contribution in [0, 0.1) is 18.3 Å². The lowest BCUT2D eigenvalue weighted by molar-refractivity contribution is -0.160. The van der Waals surface area contributed by atoms with E-state index < -0.39 is 57.2 Å². The summed E-state index contributed by atoms with van der Waals surface area (Å²) in [6, 6.07) is 13.0. The Kier molecular flexibility index (Phi) is 13.0. The molecule has 2 rings (SSSR count). The molecular weight excluding hydrogens is 621 g/mol. The summed E-state index contributed by atoms with van der Waals surface area (Å²) < 4.78 is 11.6. The number of thiol groups is 1. The predicted octanol–water partition coefficient (Wildman–Crippen LogP) is 7.66. The molecule has 0 aromatic heterocycles. The van der Waals surface area contributed by atoms with Crippen LogP contribution in [0.5, 0.6) is 0 Å². The molecule has 2 amide bonds. The van der Waals surface area contributed by atoms with Crippen LogP contribution < -0.4 is 10.6 Å². The summed E-state index contributed by atoms with van der Waals surface area (Å²) in [6.07, 6.45) is 0.367. The molecule has 254 valence electrons. The minimum Gasteiger partial charge on any atom is -0.458 e. The van der Waals surface area contributed by atoms with Crippen molar-refractivity contribution >= 4 is 46.2 Å². The van der Waals surface area contributed by atoms with Crippen LogP contribution in [-0.2, 0) is 19.1 Å². The maximum Gasteiger partial charge on any atom is 0.344 e. The van der Waals surface area contributed by atoms with E-state index in [2.05, 4.69) is 22.3 Å². The minimum atomic E-state index is -1.78. The van der Waals surface area contributed by atoms with Crippen molar-refractivity contribution < 1.29 is 28.7 Å². The highest BCUT2D eigenvalue weighted by Gasteiger charge is 2.55. The van der Waals surface area contributed by atoms with Gasteiger partial charge in [-0.1, -0.05) is 81.3 Å². The summed E-state index contributed by atoms with van der Waals surface area (Å²) in [5.41, 5.74) is -0.426. The van der Waals surface area contributed by atoms with Crippen LogP contribution in [0.4, 0.5) is 0 Å². The molecule has 2 N–H and O–H groups in total. The van der Waals surface area contributed by atoms with Gasteiger partial charge in [-0.15, -0.1) is 11.7 Å². The molecule has 0 fully saturated rings. The molecule has 0 saturated carbocycles. The Labute approximate surface area is 284 Å². The summed E-state index contributed by atoms with van der Waals surface area (Å²) in [5.74, 6) is -2.98. The molecule has 0 aliphatic carbocycles. The number of aryl methyl sites for hydroxylation is 1. The number of benzene rings is 2. The zero-order valence-corrected chi connectivity index (χ0v) is 31.1. The van der Waals surface area contributed by atoms with Crippen molar-refractivity contribution in [3.05, 3.63) is 70.8 Å². The molecule has 0 aliphatic rings. The minimum absolute atomic E-state index is 0.0891. The van der Waals surface area contributed by atoms with Crippen molar-refractivity contribution in [2.45, 2.75) is 118 Å². The molecule has 10 heteroatoms. The molecule has 0 bridgehead atoms. The van der Waals surface area contributed by atoms with Crippen molar-refractivity contribution in [2.24, 2.45) is 11.3 Å². The maximum absolute atomic E-state index is 14.4. The quantitative estimate of drug-likeness (QED) is 0.0973. The Bertz CT molecular complexity index is 1390. The van der Waals surface area contributed by atoms with Crippen LogP contribution in [0.3, 0.4) is 0 Å². The maximum atomic E-state index is 14.4. The van der Waals surface area contributed by atoms with Gasteiger partial charge in [0.1, 0.15) is 17.2 Å². The number of nitrogens with one attached hydrogen (secondary N) is 2. The third-order valence-corrected chi connectivity index (χ3v) is 8.58. The molecule has 3 atom stereocenters. The zero-order valence-electron chi connectivity index (χ0n) is 29.4. The zero-order chi connectivity index (χ0) is 35.3. The van der Waals surface area contributed by atoms with E-state index >= 15 is 0 Å². The van der Waals surface area contributed by atoms with Gasteiger partial charge >= 0.3 is 11.9 Å². The molecule has 2 aromatic carbocycles. The van der Waals surface area contributed by atoms with Crippen LogP contribution >= 0.6 is 22.5 Å². The fourth-order valence-electron chi connectivity index (χ4n) is 5.26. The number of amides is 2. The van der Waals surface area contributed by atoms with Gasteiger partial charge in [0, 0.05) is 17.0 Å². The van der Waals surface area contributed by atoms with Gasteiger partial charge in [0.2, 0.25) is 4.87 Å². The molecule has 0 aliphatic heterocycles. The average Bonchev–Trinajstić information content (AvgIpc) is 2.89. The number of ether oxygens (including phenoxy) is 2. The molecular formula is C36H52N2O6S2. The number of hydrogen-bond acceptors (Lipinski definition) is 8. The highest BCUT2D eigenvalue weighted by molar-refractivity contribution is 8.69. The standard InChI is InChI=1S/C36H52N2O6S2/c1-22(2)20-27(31(41)43-34(7,8)9)37-30(40)25-19-18-23(3)21-26(25)28(33(4,5)6)36(46-45,32(42)44-35(10,11)12)38-29(39)24-16-14-13-15-17-24/h13-19,21-22,27-28,45H,20H2,1-12H3,(H,37,40)(H,38,39). The van der Waals surface area contributed by atoms with Gasteiger partial charge in [-0.2, -0.15) is 0 Å². The SMILES string of the molecule is Cc1ccc(C(=O)NC(CC(C)C)C(=O)OC(C)(C)C)c(C(C(C)(C)C)C(NC(=O)c2ccccc2)(SS)C(=O)OC(C)(C)C)c1. The van der Waals surface area contributed by atoms with Crippen LogP contribution in [-0.4, -0.2) is 45.9 Å². The van der Waals surface area contributed by atoms with Gasteiger partial charge in [-0.05, 0) is 90.0 Å². The molecule has 2 aromatic rings. The molecule has 8 nitrogen and oxygen atoms in total. The normalized spacial score (nSPS) is 14.9. The number of carbonyl (C=O) groups excluding carboxylic acids is 4. The lowest BCUT2D eigenvalue weighted by atomic mass is 9.70. The second kappa shape index (κ2) is 15.3. The summed E-state index contributed by atoms with van der Waals surface area (Å²) in [6.45, 7) is 22.2. The van der Waals surface area contributed by atoms with E-state index in [-0.39, 0.29) is 11.5 Å². The first-order valence-electron chi connectivity index (χ1n) is 15.6. The van der Waals surface area contributed by atoms with Gasteiger partial charge in [0.25, 0.3) is 11.8 Å². The van der Waals surface area contributed by atoms with Crippen LogP contribution in [0.2, 0.25) is 0 Å². The van der Waals surface area contributed by atoms with Gasteiger partial charge in [-0.3, -0.25) is 9.59 Å². The third kappa shape index (κ3) is 10.8. The second-order valence-corrected chi connectivity index (χ2v) is 16.6. The Morgan fingerprint density at radius 1 is 0.826 bits per heavy atom. The fraction of sp³-hybridized carbons (Fsp3) is 0.556. The van der Waals surface area contributed by atoms with E-state index in [4.69, 9.17) is 9.47 Å². The smallest absolute Gasteiger partial charge is 0.344 e. The molecule has 0 saturated heterocycles. The van der Waals surface area contributed by atoms with E-state index in [0.29, 0.717) is 17.5 Å². The number of rotatable bonds is 11. The monoisotopic (exact) mass is 672 g/mol. The lowest BCUT2D eigenvalue weighted by Gasteiger charge is -2.45. The topological polar surface area (TPSA) is 111 Å². The second-order valence-electron chi connectivity index (χ2n) is 15.2. The van der Waals surface area contributed by atoms with E-state index in [9.17, 15) is 19.2 Å². The van der Waals surface area contributed by atoms with Gasteiger partial charge in [0.15, 0.2) is 0 Å². The lowest BCUT2D eigenvalue weighted by Crippen LogP contribution is -2.60. The first-order valence-corrected chi connectivity index (χ1v) is 17.5. The van der Waals surface area contributed by atoms with E-state index in [0.717, 1.165) is 16.4 Å². The van der Waals surface area contributed by atoms with E-state index in [1.54, 1.807) is 84.0 Å². The highest BCUT2D eigenvalue weighted by atomic mass is 33.1.